The molecule has 1 N–H and O–H groups in total. The third kappa shape index (κ3) is 5.79. The molecule has 0 saturated carbocycles. The van der Waals surface area contributed by atoms with Gasteiger partial charge in [-0.1, -0.05) is 19.9 Å². The lowest BCUT2D eigenvalue weighted by atomic mass is 10.1. The number of hydrogen-bond donors (Lipinski definition) is 1. The summed E-state index contributed by atoms with van der Waals surface area (Å²) in [5.74, 6) is -0.179. The minimum atomic E-state index is -0.538. The van der Waals surface area contributed by atoms with Gasteiger partial charge in [-0.25, -0.2) is 0 Å². The van der Waals surface area contributed by atoms with Gasteiger partial charge < -0.3 is 24.8 Å². The Hall–Kier alpha value is -2.01. The average Bonchev–Trinajstić information content (AvgIpc) is 3.55. The standard InChI is InChI=1S/C24H37N5O4S/c1-18(2)22(30)28(10-9-26-11-13-33-14-12-26)19-16-20(23(31)27-7-5-25-6-8-27)29(17-19)24(32)21-4-3-15-34-21/h3-4,15,18-20,25H,5-14,16-17H2,1-2H3. The van der Waals surface area contributed by atoms with Gasteiger partial charge in [0.25, 0.3) is 5.91 Å². The molecule has 3 saturated heterocycles. The molecule has 1 aromatic heterocycles. The first-order valence-electron chi connectivity index (χ1n) is 12.4. The van der Waals surface area contributed by atoms with E-state index in [9.17, 15) is 14.4 Å². The number of piperazine rings is 1. The number of amides is 3. The van der Waals surface area contributed by atoms with Crippen LogP contribution < -0.4 is 5.32 Å². The molecule has 2 unspecified atom stereocenters. The first kappa shape index (κ1) is 25.1. The van der Waals surface area contributed by atoms with E-state index in [2.05, 4.69) is 10.2 Å². The molecule has 34 heavy (non-hydrogen) atoms. The van der Waals surface area contributed by atoms with E-state index in [1.807, 2.05) is 41.2 Å². The van der Waals surface area contributed by atoms with Gasteiger partial charge in [0.05, 0.1) is 24.1 Å². The van der Waals surface area contributed by atoms with Crippen molar-refractivity contribution in [2.75, 3.05) is 72.1 Å². The maximum Gasteiger partial charge on any atom is 0.264 e. The number of ether oxygens (including phenoxy) is 1. The Morgan fingerprint density at radius 3 is 2.56 bits per heavy atom. The fourth-order valence-corrected chi connectivity index (χ4v) is 5.69. The molecule has 0 spiro atoms. The van der Waals surface area contributed by atoms with Crippen LogP contribution >= 0.6 is 11.3 Å². The van der Waals surface area contributed by atoms with Crippen molar-refractivity contribution in [1.29, 1.82) is 0 Å². The highest BCUT2D eigenvalue weighted by Gasteiger charge is 2.45. The molecule has 4 rings (SSSR count). The minimum absolute atomic E-state index is 0.000897. The molecule has 188 valence electrons. The number of carbonyl (C=O) groups is 3. The predicted octanol–water partition coefficient (Wildman–Crippen LogP) is 0.580. The smallest absolute Gasteiger partial charge is 0.264 e. The number of rotatable bonds is 7. The molecule has 0 aliphatic carbocycles. The van der Waals surface area contributed by atoms with E-state index in [0.29, 0.717) is 50.7 Å². The van der Waals surface area contributed by atoms with E-state index in [1.54, 1.807) is 4.90 Å². The van der Waals surface area contributed by atoms with Gasteiger partial charge in [0.1, 0.15) is 6.04 Å². The van der Waals surface area contributed by atoms with Crippen molar-refractivity contribution >= 4 is 29.1 Å². The van der Waals surface area contributed by atoms with Crippen molar-refractivity contribution in [1.82, 2.24) is 24.9 Å². The van der Waals surface area contributed by atoms with Crippen LogP contribution in [0.25, 0.3) is 0 Å². The molecule has 0 radical (unpaired) electrons. The number of thiophene rings is 1. The van der Waals surface area contributed by atoms with E-state index < -0.39 is 6.04 Å². The fourth-order valence-electron chi connectivity index (χ4n) is 5.01. The molecule has 3 fully saturated rings. The van der Waals surface area contributed by atoms with E-state index >= 15 is 0 Å². The largest absolute Gasteiger partial charge is 0.379 e. The normalized spacial score (nSPS) is 24.0. The van der Waals surface area contributed by atoms with E-state index in [4.69, 9.17) is 4.74 Å². The van der Waals surface area contributed by atoms with Crippen molar-refractivity contribution in [2.45, 2.75) is 32.4 Å². The zero-order chi connectivity index (χ0) is 24.1. The third-order valence-corrected chi connectivity index (χ3v) is 7.82. The maximum absolute atomic E-state index is 13.5. The summed E-state index contributed by atoms with van der Waals surface area (Å²) in [7, 11) is 0. The summed E-state index contributed by atoms with van der Waals surface area (Å²) >= 11 is 1.39. The van der Waals surface area contributed by atoms with Gasteiger partial charge in [0.15, 0.2) is 0 Å². The highest BCUT2D eigenvalue weighted by atomic mass is 32.1. The molecule has 0 aromatic carbocycles. The van der Waals surface area contributed by atoms with Crippen LogP contribution in [0.4, 0.5) is 0 Å². The van der Waals surface area contributed by atoms with Gasteiger partial charge in [-0.05, 0) is 17.9 Å². The molecule has 1 aromatic rings. The minimum Gasteiger partial charge on any atom is -0.379 e. The van der Waals surface area contributed by atoms with E-state index in [-0.39, 0.29) is 29.7 Å². The Morgan fingerprint density at radius 2 is 1.91 bits per heavy atom. The number of hydrogen-bond acceptors (Lipinski definition) is 7. The Balaban J connectivity index is 1.53. The quantitative estimate of drug-likeness (QED) is 0.601. The molecular weight excluding hydrogens is 454 g/mol. The summed E-state index contributed by atoms with van der Waals surface area (Å²) in [4.78, 5) is 48.7. The van der Waals surface area contributed by atoms with Crippen molar-refractivity contribution < 1.29 is 19.1 Å². The van der Waals surface area contributed by atoms with Crippen molar-refractivity contribution in [3.05, 3.63) is 22.4 Å². The van der Waals surface area contributed by atoms with Gasteiger partial charge in [-0.15, -0.1) is 11.3 Å². The average molecular weight is 492 g/mol. The van der Waals surface area contributed by atoms with Crippen LogP contribution in [0.5, 0.6) is 0 Å². The SMILES string of the molecule is CC(C)C(=O)N(CCN1CCOCC1)C1CC(C(=O)N2CCNCC2)N(C(=O)c2cccs2)C1. The highest BCUT2D eigenvalue weighted by molar-refractivity contribution is 7.12. The second-order valence-corrected chi connectivity index (χ2v) is 10.5. The number of nitrogens with zero attached hydrogens (tertiary/aromatic N) is 4. The highest BCUT2D eigenvalue weighted by Crippen LogP contribution is 2.28. The zero-order valence-electron chi connectivity index (χ0n) is 20.3. The number of likely N-dealkylation sites (tertiary alicyclic amines) is 1. The van der Waals surface area contributed by atoms with E-state index in [1.165, 1.54) is 11.3 Å². The molecule has 0 bridgehead atoms. The van der Waals surface area contributed by atoms with Crippen LogP contribution in [-0.4, -0.2) is 122 Å². The molecule has 10 heteroatoms. The van der Waals surface area contributed by atoms with Gasteiger partial charge in [0.2, 0.25) is 11.8 Å². The van der Waals surface area contributed by atoms with Gasteiger partial charge in [-0.2, -0.15) is 0 Å². The van der Waals surface area contributed by atoms with Gasteiger partial charge >= 0.3 is 0 Å². The topological polar surface area (TPSA) is 85.4 Å². The lowest BCUT2D eigenvalue weighted by molar-refractivity contribution is -0.138. The number of nitrogens with one attached hydrogen (secondary N) is 1. The van der Waals surface area contributed by atoms with Crippen LogP contribution in [0.3, 0.4) is 0 Å². The van der Waals surface area contributed by atoms with Crippen LogP contribution in [-0.2, 0) is 14.3 Å². The van der Waals surface area contributed by atoms with Crippen LogP contribution in [0.15, 0.2) is 17.5 Å². The maximum atomic E-state index is 13.5. The summed E-state index contributed by atoms with van der Waals surface area (Å²) < 4.78 is 5.45. The van der Waals surface area contributed by atoms with Crippen LogP contribution in [0, 0.1) is 5.92 Å². The Kier molecular flexibility index (Phi) is 8.57. The second-order valence-electron chi connectivity index (χ2n) is 9.56. The molecule has 4 heterocycles. The molecule has 3 aliphatic rings. The summed E-state index contributed by atoms with van der Waals surface area (Å²) in [5, 5.41) is 5.16. The zero-order valence-corrected chi connectivity index (χ0v) is 21.1. The van der Waals surface area contributed by atoms with Crippen molar-refractivity contribution in [2.24, 2.45) is 5.92 Å². The van der Waals surface area contributed by atoms with Gasteiger partial charge in [0, 0.05) is 64.8 Å². The summed E-state index contributed by atoms with van der Waals surface area (Å²) in [5.41, 5.74) is 0. The number of morpholine rings is 1. The fraction of sp³-hybridized carbons (Fsp3) is 0.708. The summed E-state index contributed by atoms with van der Waals surface area (Å²) in [6.45, 7) is 11.6. The lowest BCUT2D eigenvalue weighted by Gasteiger charge is -2.34. The molecule has 3 amide bonds. The van der Waals surface area contributed by atoms with Crippen molar-refractivity contribution in [3.63, 3.8) is 0 Å². The first-order valence-corrected chi connectivity index (χ1v) is 13.3. The van der Waals surface area contributed by atoms with Crippen LogP contribution in [0.1, 0.15) is 29.9 Å². The van der Waals surface area contributed by atoms with Crippen molar-refractivity contribution in [3.8, 4) is 0 Å². The molecular formula is C24H37N5O4S. The monoisotopic (exact) mass is 491 g/mol. The van der Waals surface area contributed by atoms with Crippen LogP contribution in [0.2, 0.25) is 0 Å². The Labute approximate surface area is 206 Å². The summed E-state index contributed by atoms with van der Waals surface area (Å²) in [6, 6.07) is 2.96. The second kappa shape index (κ2) is 11.6. The lowest BCUT2D eigenvalue weighted by Crippen LogP contribution is -2.53. The molecule has 9 nitrogen and oxygen atoms in total. The first-order chi connectivity index (χ1) is 16.5. The third-order valence-electron chi connectivity index (χ3n) is 6.96. The molecule has 3 aliphatic heterocycles. The Bertz CT molecular complexity index is 836. The molecule has 2 atom stereocenters. The van der Waals surface area contributed by atoms with Gasteiger partial charge in [-0.3, -0.25) is 19.3 Å². The predicted molar refractivity (Wildman–Crippen MR) is 131 cm³/mol. The van der Waals surface area contributed by atoms with E-state index in [0.717, 1.165) is 32.7 Å². The Morgan fingerprint density at radius 1 is 1.18 bits per heavy atom. The number of carbonyl (C=O) groups excluding carboxylic acids is 3. The summed E-state index contributed by atoms with van der Waals surface area (Å²) in [6.07, 6.45) is 0.488.